The Bertz CT molecular complexity index is 2820. The lowest BCUT2D eigenvalue weighted by atomic mass is 10.1. The number of halogens is 4. The van der Waals surface area contributed by atoms with Gasteiger partial charge in [0.15, 0.2) is 5.13 Å². The van der Waals surface area contributed by atoms with E-state index in [4.69, 9.17) is 57.4 Å². The summed E-state index contributed by atoms with van der Waals surface area (Å²) in [5, 5.41) is 27.1. The molecule has 0 saturated carbocycles. The number of hydrogen-bond acceptors (Lipinski definition) is 10. The van der Waals surface area contributed by atoms with Crippen molar-refractivity contribution in [3.05, 3.63) is 144 Å². The maximum atomic E-state index is 11.7. The van der Waals surface area contributed by atoms with Crippen molar-refractivity contribution < 1.29 is 24.6 Å². The van der Waals surface area contributed by atoms with Crippen LogP contribution in [0.2, 0.25) is 20.1 Å². The van der Waals surface area contributed by atoms with Gasteiger partial charge < -0.3 is 20.2 Å². The third-order valence-electron chi connectivity index (χ3n) is 8.56. The van der Waals surface area contributed by atoms with Gasteiger partial charge in [-0.05, 0) is 47.5 Å². The Morgan fingerprint density at radius 1 is 0.678 bits per heavy atom. The number of nitrogens with one attached hydrogen (secondary N) is 3. The highest BCUT2D eigenvalue weighted by atomic mass is 35.5. The molecule has 0 amide bonds. The molecule has 0 radical (unpaired) electrons. The number of ketones is 1. The maximum absolute atomic E-state index is 11.7. The van der Waals surface area contributed by atoms with Crippen molar-refractivity contribution in [3.63, 3.8) is 0 Å². The summed E-state index contributed by atoms with van der Waals surface area (Å²) in [5.41, 5.74) is 9.44. The summed E-state index contributed by atoms with van der Waals surface area (Å²) in [6.45, 7) is 0.204. The highest BCUT2D eigenvalue weighted by molar-refractivity contribution is 7.14. The van der Waals surface area contributed by atoms with Crippen molar-refractivity contribution in [2.75, 3.05) is 5.43 Å². The lowest BCUT2D eigenvalue weighted by molar-refractivity contribution is -0.148. The number of Topliss-reactive ketones (excluding diaryl/α,β-unsaturated/α-hetero) is 1. The quantitative estimate of drug-likeness (QED) is 0.0316. The van der Waals surface area contributed by atoms with Gasteiger partial charge in [-0.25, -0.2) is 25.4 Å². The van der Waals surface area contributed by atoms with Gasteiger partial charge in [-0.2, -0.15) is 0 Å². The Hall–Kier alpha value is -5.58. The fraction of sp³-hybridized carbons (Fsp3) is 0.0732. The summed E-state index contributed by atoms with van der Waals surface area (Å²) in [6, 6.07) is 26.0. The number of hydrogen-bond donors (Lipinski definition) is 6. The molecule has 8 aromatic rings. The van der Waals surface area contributed by atoms with Crippen LogP contribution in [-0.2, 0) is 33.8 Å². The molecule has 0 aliphatic heterocycles. The van der Waals surface area contributed by atoms with E-state index in [1.165, 1.54) is 22.7 Å². The Morgan fingerprint density at radius 3 is 1.71 bits per heavy atom. The van der Waals surface area contributed by atoms with Crippen LogP contribution in [0.4, 0.5) is 5.13 Å². The van der Waals surface area contributed by atoms with Crippen LogP contribution < -0.4 is 11.3 Å². The zero-order valence-corrected chi connectivity index (χ0v) is 35.0. The number of nitrogen functional groups attached to an aromatic ring is 1. The van der Waals surface area contributed by atoms with Crippen molar-refractivity contribution in [2.45, 2.75) is 19.4 Å². The molecule has 59 heavy (non-hydrogen) atoms. The summed E-state index contributed by atoms with van der Waals surface area (Å²) in [7, 11) is 0. The number of nitrogens with two attached hydrogens (primary N) is 1. The number of carboxylic acid groups (broad SMARTS) is 2. The second-order valence-corrected chi connectivity index (χ2v) is 15.9. The molecule has 0 atom stereocenters. The molecule has 4 aromatic heterocycles. The van der Waals surface area contributed by atoms with Crippen molar-refractivity contribution in [2.24, 2.45) is 10.8 Å². The number of para-hydroxylation sites is 2. The SMILES string of the molecule is NNc1nc(-c2ccc(Cl)c(Cl)c2)cs1.O=C(O)C(=O)Cc1c[nH]c2ccccc12.O=C(O)C(Cc1c[nH]c2ccccc12)=NCc1nc(-c2ccc(Cl)c(Cl)c2)cs1. The van der Waals surface area contributed by atoms with Gasteiger partial charge in [0, 0.05) is 68.9 Å². The van der Waals surface area contributed by atoms with E-state index >= 15 is 0 Å². The molecule has 0 unspecified atom stereocenters. The van der Waals surface area contributed by atoms with Crippen LogP contribution in [0, 0.1) is 0 Å². The van der Waals surface area contributed by atoms with Crippen LogP contribution in [0.3, 0.4) is 0 Å². The summed E-state index contributed by atoms with van der Waals surface area (Å²) in [4.78, 5) is 52.4. The monoisotopic (exact) mass is 905 g/mol. The molecule has 0 bridgehead atoms. The highest BCUT2D eigenvalue weighted by Gasteiger charge is 2.16. The number of aromatic amines is 2. The number of carbonyl (C=O) groups is 3. The number of benzene rings is 4. The fourth-order valence-electron chi connectivity index (χ4n) is 5.65. The average Bonchev–Trinajstić information content (AvgIpc) is 4.06. The lowest BCUT2D eigenvalue weighted by Gasteiger charge is -2.01. The Morgan fingerprint density at radius 2 is 1.20 bits per heavy atom. The third-order valence-corrected chi connectivity index (χ3v) is 11.6. The van der Waals surface area contributed by atoms with Crippen LogP contribution in [0.1, 0.15) is 16.1 Å². The van der Waals surface area contributed by atoms with E-state index < -0.39 is 17.7 Å². The minimum Gasteiger partial charge on any atom is -0.477 e. The number of carboxylic acids is 2. The van der Waals surface area contributed by atoms with Gasteiger partial charge in [-0.1, -0.05) is 94.9 Å². The van der Waals surface area contributed by atoms with Crippen LogP contribution in [0.15, 0.2) is 113 Å². The van der Waals surface area contributed by atoms with Crippen LogP contribution in [0.5, 0.6) is 0 Å². The molecule has 12 nitrogen and oxygen atoms in total. The van der Waals surface area contributed by atoms with Crippen LogP contribution >= 0.6 is 69.1 Å². The number of anilines is 1. The van der Waals surface area contributed by atoms with Gasteiger partial charge in [0.2, 0.25) is 5.78 Å². The van der Waals surface area contributed by atoms with E-state index in [9.17, 15) is 19.5 Å². The highest BCUT2D eigenvalue weighted by Crippen LogP contribution is 2.31. The first-order chi connectivity index (χ1) is 28.4. The van der Waals surface area contributed by atoms with E-state index in [0.29, 0.717) is 25.2 Å². The smallest absolute Gasteiger partial charge is 0.372 e. The number of hydrazine groups is 1. The molecule has 0 fully saturated rings. The molecule has 4 aromatic carbocycles. The molecule has 18 heteroatoms. The van der Waals surface area contributed by atoms with E-state index in [1.807, 2.05) is 77.6 Å². The lowest BCUT2D eigenvalue weighted by Crippen LogP contribution is -2.16. The minimum absolute atomic E-state index is 0.0701. The molecule has 0 spiro atoms. The Balaban J connectivity index is 0.000000164. The number of nitrogens with zero attached hydrogens (tertiary/aromatic N) is 3. The number of H-pyrrole nitrogens is 2. The summed E-state index contributed by atoms with van der Waals surface area (Å²) in [6.07, 6.45) is 3.67. The minimum atomic E-state index is -1.39. The molecule has 8 rings (SSSR count). The first kappa shape index (κ1) is 43.0. The second-order valence-electron chi connectivity index (χ2n) is 12.4. The second kappa shape index (κ2) is 19.9. The van der Waals surface area contributed by atoms with Crippen molar-refractivity contribution in [3.8, 4) is 22.5 Å². The fourth-order valence-corrected chi connectivity index (χ4v) is 7.60. The third kappa shape index (κ3) is 11.1. The number of rotatable bonds is 11. The maximum Gasteiger partial charge on any atom is 0.372 e. The van der Waals surface area contributed by atoms with Gasteiger partial charge in [0.05, 0.1) is 38.0 Å². The number of aliphatic carboxylic acids is 2. The van der Waals surface area contributed by atoms with Crippen LogP contribution in [0.25, 0.3) is 44.3 Å². The topological polar surface area (TPSA) is 199 Å². The van der Waals surface area contributed by atoms with Gasteiger partial charge in [0.1, 0.15) is 10.7 Å². The standard InChI is InChI=1S/C21H15Cl2N3O2S.C11H9NO3.C9H7Cl2N3S/c22-15-6-5-12(7-16(15)23)19-11-29-20(26-19)10-25-18(21(27)28)8-13-9-24-17-4-2-1-3-14(13)17;13-10(11(14)15)5-7-6-12-9-4-2-1-3-8(7)9;10-6-2-1-5(3-7(6)11)8-4-15-9(13-8)14-12/h1-7,9,11,24H,8,10H2,(H,27,28);1-4,6,12H,5H2,(H,14,15);1-4H,12H2,(H,13,14). The zero-order valence-electron chi connectivity index (χ0n) is 30.4. The van der Waals surface area contributed by atoms with Gasteiger partial charge in [0.25, 0.3) is 0 Å². The summed E-state index contributed by atoms with van der Waals surface area (Å²) >= 11 is 26.6. The largest absolute Gasteiger partial charge is 0.477 e. The van der Waals surface area contributed by atoms with Gasteiger partial charge in [-0.3, -0.25) is 15.2 Å². The molecule has 300 valence electrons. The number of thiazole rings is 2. The Kier molecular flexibility index (Phi) is 14.5. The normalized spacial score (nSPS) is 11.1. The predicted molar refractivity (Wildman–Crippen MR) is 238 cm³/mol. The van der Waals surface area contributed by atoms with Crippen molar-refractivity contribution in [1.29, 1.82) is 0 Å². The predicted octanol–water partition coefficient (Wildman–Crippen LogP) is 10.6. The van der Waals surface area contributed by atoms with Gasteiger partial charge in [-0.15, -0.1) is 22.7 Å². The number of carbonyl (C=O) groups excluding carboxylic acids is 1. The summed E-state index contributed by atoms with van der Waals surface area (Å²) in [5.74, 6) is 2.03. The Labute approximate surface area is 364 Å². The van der Waals surface area contributed by atoms with E-state index in [0.717, 1.165) is 60.5 Å². The molecule has 0 saturated heterocycles. The number of fused-ring (bicyclic) bond motifs is 2. The van der Waals surface area contributed by atoms with E-state index in [-0.39, 0.29) is 25.1 Å². The van der Waals surface area contributed by atoms with Crippen LogP contribution in [-0.4, -0.2) is 53.6 Å². The average molecular weight is 908 g/mol. The van der Waals surface area contributed by atoms with Crippen molar-refractivity contribution >= 4 is 119 Å². The zero-order chi connectivity index (χ0) is 42.1. The first-order valence-corrected chi connectivity index (χ1v) is 20.6. The molecular weight excluding hydrogens is 876 g/mol. The van der Waals surface area contributed by atoms with E-state index in [2.05, 4.69) is 30.4 Å². The molecule has 7 N–H and O–H groups in total. The summed E-state index contributed by atoms with van der Waals surface area (Å²) < 4.78 is 0. The first-order valence-electron chi connectivity index (χ1n) is 17.3. The molecular formula is C41H31Cl4N7O5S2. The molecule has 4 heterocycles. The van der Waals surface area contributed by atoms with Crippen molar-refractivity contribution in [1.82, 2.24) is 19.9 Å². The van der Waals surface area contributed by atoms with Gasteiger partial charge >= 0.3 is 11.9 Å². The number of aliphatic imine (C=N–C) groups is 1. The van der Waals surface area contributed by atoms with E-state index in [1.54, 1.807) is 30.5 Å². The molecule has 0 aliphatic carbocycles. The molecule has 0 aliphatic rings. The number of aromatic nitrogens is 4.